The predicted molar refractivity (Wildman–Crippen MR) is 44.1 cm³/mol. The number of carbonyl (C=O) groups excluding carboxylic acids is 1. The topological polar surface area (TPSA) is 30.0 Å². The highest BCUT2D eigenvalue weighted by molar-refractivity contribution is 6.68. The molecule has 0 aliphatic carbocycles. The summed E-state index contributed by atoms with van der Waals surface area (Å²) in [5, 5.41) is -0.879. The zero-order valence-corrected chi connectivity index (χ0v) is 7.48. The molecule has 2 nitrogen and oxygen atoms in total. The largest absolute Gasteiger partial charge is 0.276 e. The lowest BCUT2D eigenvalue weighted by atomic mass is 10.1. The molecule has 13 heavy (non-hydrogen) atoms. The fraction of sp³-hybridized carbons (Fsp3) is 0.250. The number of aromatic nitrogens is 1. The molecule has 1 rings (SSSR count). The van der Waals surface area contributed by atoms with E-state index in [2.05, 4.69) is 4.98 Å². The summed E-state index contributed by atoms with van der Waals surface area (Å²) in [6.45, 7) is 1.51. The summed E-state index contributed by atoms with van der Waals surface area (Å²) in [4.78, 5) is 14.4. The lowest BCUT2D eigenvalue weighted by Crippen LogP contribution is -2.02. The van der Waals surface area contributed by atoms with Crippen LogP contribution < -0.4 is 0 Å². The molecule has 0 fully saturated rings. The summed E-state index contributed by atoms with van der Waals surface area (Å²) in [5.41, 5.74) is -0.204. The molecule has 0 spiro atoms. The molecule has 1 aromatic heterocycles. The number of pyridine rings is 1. The van der Waals surface area contributed by atoms with E-state index < -0.39 is 17.2 Å². The first-order valence-corrected chi connectivity index (χ1v) is 3.84. The molecule has 0 saturated heterocycles. The van der Waals surface area contributed by atoms with Crippen molar-refractivity contribution in [1.82, 2.24) is 4.98 Å². The average molecular weight is 206 g/mol. The number of nitrogens with zero attached hydrogens (tertiary/aromatic N) is 1. The first kappa shape index (κ1) is 10.1. The molecule has 70 valence electrons. The van der Waals surface area contributed by atoms with Gasteiger partial charge in [0, 0.05) is 23.5 Å². The maximum absolute atomic E-state index is 12.3. The molecule has 0 saturated carbocycles. The van der Waals surface area contributed by atoms with Crippen molar-refractivity contribution in [3.63, 3.8) is 0 Å². The smallest absolute Gasteiger partial charge is 0.266 e. The van der Waals surface area contributed by atoms with Gasteiger partial charge in [-0.3, -0.25) is 9.78 Å². The number of aryl methyl sites for hydroxylation is 1. The van der Waals surface area contributed by atoms with Crippen LogP contribution in [0.15, 0.2) is 12.4 Å². The van der Waals surface area contributed by atoms with Crippen LogP contribution in [0.2, 0.25) is 0 Å². The van der Waals surface area contributed by atoms with Crippen LogP contribution in [0.5, 0.6) is 0 Å². The maximum atomic E-state index is 12.3. The van der Waals surface area contributed by atoms with E-state index in [4.69, 9.17) is 11.6 Å². The Hall–Kier alpha value is -1.03. The summed E-state index contributed by atoms with van der Waals surface area (Å²) in [6, 6.07) is 0. The first-order chi connectivity index (χ1) is 6.04. The molecule has 0 N–H and O–H groups in total. The van der Waals surface area contributed by atoms with E-state index >= 15 is 0 Å². The predicted octanol–water partition coefficient (Wildman–Crippen LogP) is 2.71. The van der Waals surface area contributed by atoms with Gasteiger partial charge in [-0.25, -0.2) is 8.78 Å². The van der Waals surface area contributed by atoms with E-state index in [0.717, 1.165) is 6.20 Å². The van der Waals surface area contributed by atoms with Crippen molar-refractivity contribution in [3.05, 3.63) is 29.1 Å². The summed E-state index contributed by atoms with van der Waals surface area (Å²) in [7, 11) is 0. The van der Waals surface area contributed by atoms with Crippen molar-refractivity contribution >= 4 is 16.8 Å². The molecule has 0 aliphatic rings. The Morgan fingerprint density at radius 3 is 2.54 bits per heavy atom. The van der Waals surface area contributed by atoms with E-state index in [1.807, 2.05) is 0 Å². The Kier molecular flexibility index (Phi) is 2.93. The Labute approximate surface area is 78.5 Å². The van der Waals surface area contributed by atoms with Crippen LogP contribution in [0.25, 0.3) is 0 Å². The van der Waals surface area contributed by atoms with Gasteiger partial charge in [0.15, 0.2) is 0 Å². The second kappa shape index (κ2) is 3.79. The molecule has 0 unspecified atom stereocenters. The molecule has 0 aliphatic heterocycles. The molecule has 1 aromatic rings. The third kappa shape index (κ3) is 2.01. The van der Waals surface area contributed by atoms with E-state index in [1.54, 1.807) is 0 Å². The zero-order chi connectivity index (χ0) is 10.0. The number of alkyl halides is 2. The highest BCUT2D eigenvalue weighted by Gasteiger charge is 2.19. The minimum atomic E-state index is -2.73. The van der Waals surface area contributed by atoms with Crippen LogP contribution in [0, 0.1) is 6.92 Å². The van der Waals surface area contributed by atoms with Crippen LogP contribution in [-0.2, 0) is 0 Å². The number of hydrogen-bond donors (Lipinski definition) is 0. The van der Waals surface area contributed by atoms with E-state index in [-0.39, 0.29) is 5.56 Å². The summed E-state index contributed by atoms with van der Waals surface area (Å²) < 4.78 is 24.6. The van der Waals surface area contributed by atoms with Gasteiger partial charge in [-0.15, -0.1) is 0 Å². The quantitative estimate of drug-likeness (QED) is 0.695. The first-order valence-electron chi connectivity index (χ1n) is 3.46. The molecule has 0 bridgehead atoms. The second-order valence-corrected chi connectivity index (χ2v) is 2.84. The average Bonchev–Trinajstić information content (AvgIpc) is 2.02. The number of hydrogen-bond acceptors (Lipinski definition) is 2. The Morgan fingerprint density at radius 2 is 2.15 bits per heavy atom. The van der Waals surface area contributed by atoms with Gasteiger partial charge in [-0.2, -0.15) is 0 Å². The SMILES string of the molecule is Cc1cncc(C(F)F)c1C(=O)Cl. The molecule has 0 amide bonds. The van der Waals surface area contributed by atoms with Gasteiger partial charge in [0.1, 0.15) is 0 Å². The second-order valence-electron chi connectivity index (χ2n) is 2.50. The van der Waals surface area contributed by atoms with E-state index in [9.17, 15) is 13.6 Å². The summed E-state index contributed by atoms with van der Waals surface area (Å²) in [6.07, 6.45) is -0.459. The molecular formula is C8H6ClF2NO. The standard InChI is InChI=1S/C8H6ClF2NO/c1-4-2-12-3-5(8(10)11)6(4)7(9)13/h2-3,8H,1H3. The number of carbonyl (C=O) groups is 1. The van der Waals surface area contributed by atoms with Gasteiger partial charge < -0.3 is 0 Å². The van der Waals surface area contributed by atoms with Gasteiger partial charge in [-0.1, -0.05) is 0 Å². The minimum Gasteiger partial charge on any atom is -0.276 e. The van der Waals surface area contributed by atoms with Crippen LogP contribution in [0.1, 0.15) is 27.9 Å². The van der Waals surface area contributed by atoms with Gasteiger partial charge >= 0.3 is 0 Å². The number of rotatable bonds is 2. The van der Waals surface area contributed by atoms with Crippen LogP contribution in [0.3, 0.4) is 0 Å². The van der Waals surface area contributed by atoms with Crippen LogP contribution >= 0.6 is 11.6 Å². The summed E-state index contributed by atoms with van der Waals surface area (Å²) in [5.74, 6) is 0. The molecule has 5 heteroatoms. The van der Waals surface area contributed by atoms with Crippen molar-refractivity contribution in [2.24, 2.45) is 0 Å². The van der Waals surface area contributed by atoms with Gasteiger partial charge in [0.2, 0.25) is 0 Å². The molecule has 0 aromatic carbocycles. The van der Waals surface area contributed by atoms with Crippen molar-refractivity contribution in [1.29, 1.82) is 0 Å². The van der Waals surface area contributed by atoms with Crippen LogP contribution in [0.4, 0.5) is 8.78 Å². The van der Waals surface area contributed by atoms with Crippen molar-refractivity contribution < 1.29 is 13.6 Å². The van der Waals surface area contributed by atoms with Gasteiger partial charge in [0.25, 0.3) is 11.7 Å². The van der Waals surface area contributed by atoms with Crippen molar-refractivity contribution in [2.45, 2.75) is 13.3 Å². The Bertz CT molecular complexity index is 341. The van der Waals surface area contributed by atoms with Gasteiger partial charge in [0.05, 0.1) is 0 Å². The Balaban J connectivity index is 3.34. The zero-order valence-electron chi connectivity index (χ0n) is 6.72. The summed E-state index contributed by atoms with van der Waals surface area (Å²) >= 11 is 5.16. The monoisotopic (exact) mass is 205 g/mol. The van der Waals surface area contributed by atoms with Crippen molar-refractivity contribution in [2.75, 3.05) is 0 Å². The van der Waals surface area contributed by atoms with Crippen molar-refractivity contribution in [3.8, 4) is 0 Å². The normalized spacial score (nSPS) is 10.5. The minimum absolute atomic E-state index is 0.147. The van der Waals surface area contributed by atoms with Crippen LogP contribution in [-0.4, -0.2) is 10.2 Å². The fourth-order valence-corrected chi connectivity index (χ4v) is 1.28. The highest BCUT2D eigenvalue weighted by Crippen LogP contribution is 2.25. The lowest BCUT2D eigenvalue weighted by Gasteiger charge is -2.06. The molecule has 0 radical (unpaired) electrons. The van der Waals surface area contributed by atoms with E-state index in [0.29, 0.717) is 5.56 Å². The Morgan fingerprint density at radius 1 is 1.54 bits per heavy atom. The molecule has 0 atom stereocenters. The lowest BCUT2D eigenvalue weighted by molar-refractivity contribution is 0.106. The fourth-order valence-electron chi connectivity index (χ4n) is 1.02. The third-order valence-electron chi connectivity index (χ3n) is 1.60. The third-order valence-corrected chi connectivity index (χ3v) is 1.79. The molecule has 1 heterocycles. The highest BCUT2D eigenvalue weighted by atomic mass is 35.5. The molecular weight excluding hydrogens is 200 g/mol. The maximum Gasteiger partial charge on any atom is 0.266 e. The van der Waals surface area contributed by atoms with Gasteiger partial charge in [-0.05, 0) is 24.1 Å². The number of halogens is 3. The van der Waals surface area contributed by atoms with E-state index in [1.165, 1.54) is 13.1 Å².